The molecule has 3 rings (SSSR count). The van der Waals surface area contributed by atoms with Crippen LogP contribution in [0.25, 0.3) is 0 Å². The van der Waals surface area contributed by atoms with Crippen LogP contribution in [0.4, 0.5) is 0 Å². The lowest BCUT2D eigenvalue weighted by molar-refractivity contribution is -0.257. The van der Waals surface area contributed by atoms with Crippen molar-refractivity contribution in [3.63, 3.8) is 0 Å². The summed E-state index contributed by atoms with van der Waals surface area (Å²) >= 11 is 0. The first-order chi connectivity index (χ1) is 10.6. The van der Waals surface area contributed by atoms with Crippen molar-refractivity contribution < 1.29 is 19.1 Å². The van der Waals surface area contributed by atoms with E-state index in [2.05, 4.69) is 0 Å². The topological polar surface area (TPSA) is 55.8 Å². The quantitative estimate of drug-likeness (QED) is 0.616. The molecular formula is C17H19NO4. The highest BCUT2D eigenvalue weighted by Gasteiger charge is 2.54. The van der Waals surface area contributed by atoms with Gasteiger partial charge in [0.15, 0.2) is 5.79 Å². The minimum absolute atomic E-state index is 0.324. The highest BCUT2D eigenvalue weighted by atomic mass is 16.7. The Kier molecular flexibility index (Phi) is 3.85. The van der Waals surface area contributed by atoms with E-state index in [1.54, 1.807) is 0 Å². The van der Waals surface area contributed by atoms with E-state index in [-0.39, 0.29) is 11.8 Å². The second kappa shape index (κ2) is 5.66. The molecule has 5 nitrogen and oxygen atoms in total. The third kappa shape index (κ3) is 2.17. The van der Waals surface area contributed by atoms with E-state index in [0.717, 1.165) is 11.1 Å². The molecule has 0 fully saturated rings. The van der Waals surface area contributed by atoms with Crippen molar-refractivity contribution in [1.29, 1.82) is 0 Å². The average molecular weight is 301 g/mol. The predicted molar refractivity (Wildman–Crippen MR) is 79.9 cm³/mol. The van der Waals surface area contributed by atoms with E-state index >= 15 is 0 Å². The molecule has 1 aromatic carbocycles. The third-order valence-electron chi connectivity index (χ3n) is 4.08. The van der Waals surface area contributed by atoms with Crippen molar-refractivity contribution >= 4 is 11.8 Å². The zero-order chi connectivity index (χ0) is 15.7. The second-order valence-corrected chi connectivity index (χ2v) is 5.34. The largest absolute Gasteiger partial charge is 0.348 e. The van der Waals surface area contributed by atoms with E-state index in [9.17, 15) is 9.59 Å². The van der Waals surface area contributed by atoms with Gasteiger partial charge in [-0.05, 0) is 25.0 Å². The number of nitrogens with zero attached hydrogens (tertiary/aromatic N) is 1. The molecule has 1 atom stereocenters. The average Bonchev–Trinajstić information content (AvgIpc) is 2.97. The van der Waals surface area contributed by atoms with Gasteiger partial charge in [0.1, 0.15) is 6.04 Å². The summed E-state index contributed by atoms with van der Waals surface area (Å²) in [4.78, 5) is 25.6. The molecule has 0 N–H and O–H groups in total. The second-order valence-electron chi connectivity index (χ2n) is 5.34. The summed E-state index contributed by atoms with van der Waals surface area (Å²) in [6.07, 6.45) is 3.12. The van der Waals surface area contributed by atoms with Crippen LogP contribution in [0.5, 0.6) is 0 Å². The van der Waals surface area contributed by atoms with E-state index < -0.39 is 11.8 Å². The highest BCUT2D eigenvalue weighted by molar-refractivity contribution is 6.13. The molecule has 22 heavy (non-hydrogen) atoms. The Balaban J connectivity index is 2.11. The van der Waals surface area contributed by atoms with Gasteiger partial charge in [0.2, 0.25) is 0 Å². The van der Waals surface area contributed by atoms with Crippen molar-refractivity contribution in [1.82, 2.24) is 4.90 Å². The molecule has 0 saturated carbocycles. The van der Waals surface area contributed by atoms with Gasteiger partial charge in [0.05, 0.1) is 0 Å². The molecule has 2 aliphatic rings. The van der Waals surface area contributed by atoms with Gasteiger partial charge in [0, 0.05) is 31.8 Å². The molecule has 0 radical (unpaired) electrons. The van der Waals surface area contributed by atoms with Crippen LogP contribution in [-0.4, -0.2) is 35.7 Å². The number of fused-ring (bicyclic) bond motifs is 1. The molecule has 5 heteroatoms. The lowest BCUT2D eigenvalue weighted by Gasteiger charge is -2.38. The molecule has 1 heterocycles. The van der Waals surface area contributed by atoms with Crippen LogP contribution >= 0.6 is 0 Å². The van der Waals surface area contributed by atoms with E-state index in [1.807, 2.05) is 38.1 Å². The molecule has 0 unspecified atom stereocenters. The maximum atomic E-state index is 12.2. The predicted octanol–water partition coefficient (Wildman–Crippen LogP) is 1.98. The first-order valence-electron chi connectivity index (χ1n) is 7.54. The third-order valence-corrected chi connectivity index (χ3v) is 4.08. The highest BCUT2D eigenvalue weighted by Crippen LogP contribution is 2.47. The van der Waals surface area contributed by atoms with Crippen molar-refractivity contribution in [2.75, 3.05) is 13.2 Å². The van der Waals surface area contributed by atoms with Crippen molar-refractivity contribution in [3.8, 4) is 0 Å². The number of benzene rings is 1. The standard InChI is InChI=1S/C17H19NO4/c1-3-21-17(22-4-2)11-12-7-5-6-8-13(12)16(17)18-14(19)9-10-15(18)20/h5-10,16H,3-4,11H2,1-2H3/t16-/m0/s1. The Hall–Kier alpha value is -1.98. The van der Waals surface area contributed by atoms with Crippen LogP contribution in [-0.2, 0) is 25.5 Å². The summed E-state index contributed by atoms with van der Waals surface area (Å²) in [5.41, 5.74) is 1.96. The maximum Gasteiger partial charge on any atom is 0.254 e. The van der Waals surface area contributed by atoms with Crippen LogP contribution in [0.3, 0.4) is 0 Å². The number of imide groups is 1. The molecule has 116 valence electrons. The monoisotopic (exact) mass is 301 g/mol. The maximum absolute atomic E-state index is 12.2. The van der Waals surface area contributed by atoms with Gasteiger partial charge in [-0.15, -0.1) is 0 Å². The molecular weight excluding hydrogens is 282 g/mol. The zero-order valence-corrected chi connectivity index (χ0v) is 12.7. The van der Waals surface area contributed by atoms with Gasteiger partial charge in [-0.1, -0.05) is 24.3 Å². The van der Waals surface area contributed by atoms with Crippen molar-refractivity contribution in [2.24, 2.45) is 0 Å². The Labute approximate surface area is 129 Å². The Morgan fingerprint density at radius 2 is 1.68 bits per heavy atom. The summed E-state index contributed by atoms with van der Waals surface area (Å²) in [5.74, 6) is -1.66. The summed E-state index contributed by atoms with van der Waals surface area (Å²) < 4.78 is 11.9. The molecule has 0 bridgehead atoms. The molecule has 2 amide bonds. The fraction of sp³-hybridized carbons (Fsp3) is 0.412. The van der Waals surface area contributed by atoms with Crippen LogP contribution in [0.1, 0.15) is 31.0 Å². The minimum atomic E-state index is -1.01. The van der Waals surface area contributed by atoms with Crippen molar-refractivity contribution in [3.05, 3.63) is 47.5 Å². The number of hydrogen-bond donors (Lipinski definition) is 0. The number of amides is 2. The molecule has 0 spiro atoms. The lowest BCUT2D eigenvalue weighted by atomic mass is 10.0. The van der Waals surface area contributed by atoms with E-state index in [4.69, 9.17) is 9.47 Å². The van der Waals surface area contributed by atoms with E-state index in [1.165, 1.54) is 17.1 Å². The zero-order valence-electron chi connectivity index (χ0n) is 12.7. The van der Waals surface area contributed by atoms with Crippen molar-refractivity contribution in [2.45, 2.75) is 32.1 Å². The molecule has 0 saturated heterocycles. The SMILES string of the molecule is CCOC1(OCC)Cc2ccccc2[C@@H]1N1C(=O)C=CC1=O. The molecule has 1 aliphatic heterocycles. The number of hydrogen-bond acceptors (Lipinski definition) is 4. The fourth-order valence-corrected chi connectivity index (χ4v) is 3.35. The minimum Gasteiger partial charge on any atom is -0.348 e. The van der Waals surface area contributed by atoms with Gasteiger partial charge < -0.3 is 9.47 Å². The van der Waals surface area contributed by atoms with Gasteiger partial charge in [0.25, 0.3) is 11.8 Å². The van der Waals surface area contributed by atoms with Crippen LogP contribution in [0.2, 0.25) is 0 Å². The number of ether oxygens (including phenoxy) is 2. The van der Waals surface area contributed by atoms with Crippen LogP contribution in [0, 0.1) is 0 Å². The number of carbonyl (C=O) groups excluding carboxylic acids is 2. The van der Waals surface area contributed by atoms with Crippen LogP contribution in [0.15, 0.2) is 36.4 Å². The molecule has 1 aliphatic carbocycles. The van der Waals surface area contributed by atoms with Gasteiger partial charge in [-0.2, -0.15) is 0 Å². The number of rotatable bonds is 5. The van der Waals surface area contributed by atoms with Gasteiger partial charge >= 0.3 is 0 Å². The summed E-state index contributed by atoms with van der Waals surface area (Å²) in [7, 11) is 0. The summed E-state index contributed by atoms with van der Waals surface area (Å²) in [6.45, 7) is 4.64. The molecule has 1 aromatic rings. The number of carbonyl (C=O) groups is 2. The van der Waals surface area contributed by atoms with E-state index in [0.29, 0.717) is 19.6 Å². The van der Waals surface area contributed by atoms with Gasteiger partial charge in [-0.3, -0.25) is 14.5 Å². The summed E-state index contributed by atoms with van der Waals surface area (Å²) in [6, 6.07) is 7.20. The summed E-state index contributed by atoms with van der Waals surface area (Å²) in [5, 5.41) is 0. The lowest BCUT2D eigenvalue weighted by Crippen LogP contribution is -2.50. The fourth-order valence-electron chi connectivity index (χ4n) is 3.35. The normalized spacial score (nSPS) is 22.5. The Bertz CT molecular complexity index is 613. The van der Waals surface area contributed by atoms with Gasteiger partial charge in [-0.25, -0.2) is 0 Å². The Morgan fingerprint density at radius 3 is 2.27 bits per heavy atom. The molecule has 0 aromatic heterocycles. The Morgan fingerprint density at radius 1 is 1.09 bits per heavy atom. The first-order valence-corrected chi connectivity index (χ1v) is 7.54. The smallest absolute Gasteiger partial charge is 0.254 e. The first kappa shape index (κ1) is 14.9. The van der Waals surface area contributed by atoms with Crippen LogP contribution < -0.4 is 0 Å².